The molecule has 0 unspecified atom stereocenters. The van der Waals surface area contributed by atoms with E-state index in [1.807, 2.05) is 0 Å². The fraction of sp³-hybridized carbons (Fsp3) is 1.00. The SMILES string of the molecule is CCCCN(CCCOCOC)CCCOCOC. The van der Waals surface area contributed by atoms with Gasteiger partial charge in [0.15, 0.2) is 0 Å². The highest BCUT2D eigenvalue weighted by molar-refractivity contribution is 4.58. The number of rotatable bonds is 15. The molecule has 0 aliphatic carbocycles. The lowest BCUT2D eigenvalue weighted by atomic mass is 10.2. The first-order valence-corrected chi connectivity index (χ1v) is 7.20. The zero-order chi connectivity index (χ0) is 14.2. The van der Waals surface area contributed by atoms with Crippen LogP contribution >= 0.6 is 0 Å². The minimum atomic E-state index is 0.389. The van der Waals surface area contributed by atoms with Crippen molar-refractivity contribution in [2.75, 3.05) is 60.7 Å². The second-order valence-electron chi connectivity index (χ2n) is 4.53. The highest BCUT2D eigenvalue weighted by Gasteiger charge is 2.04. The van der Waals surface area contributed by atoms with Crippen molar-refractivity contribution in [2.24, 2.45) is 0 Å². The van der Waals surface area contributed by atoms with Gasteiger partial charge in [0.1, 0.15) is 13.6 Å². The maximum absolute atomic E-state index is 5.31. The van der Waals surface area contributed by atoms with E-state index in [0.717, 1.165) is 45.7 Å². The lowest BCUT2D eigenvalue weighted by Gasteiger charge is -2.22. The zero-order valence-electron chi connectivity index (χ0n) is 12.9. The summed E-state index contributed by atoms with van der Waals surface area (Å²) in [6.07, 6.45) is 4.58. The van der Waals surface area contributed by atoms with Crippen molar-refractivity contribution < 1.29 is 18.9 Å². The van der Waals surface area contributed by atoms with Gasteiger partial charge >= 0.3 is 0 Å². The molecule has 0 atom stereocenters. The molecule has 0 radical (unpaired) electrons. The van der Waals surface area contributed by atoms with Crippen LogP contribution in [0.2, 0.25) is 0 Å². The number of nitrogens with zero attached hydrogens (tertiary/aromatic N) is 1. The molecule has 19 heavy (non-hydrogen) atoms. The summed E-state index contributed by atoms with van der Waals surface area (Å²) < 4.78 is 20.3. The molecule has 0 heterocycles. The van der Waals surface area contributed by atoms with Crippen LogP contribution in [0.25, 0.3) is 0 Å². The lowest BCUT2D eigenvalue weighted by molar-refractivity contribution is -0.0358. The maximum atomic E-state index is 5.31. The molecule has 0 amide bonds. The van der Waals surface area contributed by atoms with Crippen molar-refractivity contribution in [2.45, 2.75) is 32.6 Å². The molecule has 0 aromatic carbocycles. The maximum Gasteiger partial charge on any atom is 0.146 e. The molecule has 0 aliphatic rings. The minimum Gasteiger partial charge on any atom is -0.359 e. The molecule has 0 bridgehead atoms. The van der Waals surface area contributed by atoms with Crippen molar-refractivity contribution in [3.05, 3.63) is 0 Å². The summed E-state index contributed by atoms with van der Waals surface area (Å²) in [5.41, 5.74) is 0. The van der Waals surface area contributed by atoms with E-state index in [2.05, 4.69) is 11.8 Å². The molecule has 0 rings (SSSR count). The topological polar surface area (TPSA) is 40.2 Å². The predicted octanol–water partition coefficient (Wildman–Crippen LogP) is 2.11. The first-order chi connectivity index (χ1) is 9.35. The van der Waals surface area contributed by atoms with Gasteiger partial charge in [-0.05, 0) is 25.8 Å². The molecule has 0 aromatic heterocycles. The van der Waals surface area contributed by atoms with Gasteiger partial charge in [-0.2, -0.15) is 0 Å². The summed E-state index contributed by atoms with van der Waals surface area (Å²) >= 11 is 0. The minimum absolute atomic E-state index is 0.389. The van der Waals surface area contributed by atoms with E-state index in [9.17, 15) is 0 Å². The van der Waals surface area contributed by atoms with Gasteiger partial charge in [-0.1, -0.05) is 13.3 Å². The summed E-state index contributed by atoms with van der Waals surface area (Å²) in [5.74, 6) is 0. The van der Waals surface area contributed by atoms with Gasteiger partial charge in [-0.15, -0.1) is 0 Å². The van der Waals surface area contributed by atoms with Crippen molar-refractivity contribution in [1.82, 2.24) is 4.90 Å². The Hall–Kier alpha value is -0.200. The highest BCUT2D eigenvalue weighted by atomic mass is 16.7. The number of methoxy groups -OCH3 is 2. The monoisotopic (exact) mass is 277 g/mol. The van der Waals surface area contributed by atoms with Crippen LogP contribution in [-0.4, -0.2) is 65.6 Å². The highest BCUT2D eigenvalue weighted by Crippen LogP contribution is 2.00. The van der Waals surface area contributed by atoms with E-state index in [1.165, 1.54) is 12.8 Å². The Morgan fingerprint density at radius 2 is 1.21 bits per heavy atom. The first-order valence-electron chi connectivity index (χ1n) is 7.20. The quantitative estimate of drug-likeness (QED) is 0.339. The smallest absolute Gasteiger partial charge is 0.146 e. The number of hydrogen-bond acceptors (Lipinski definition) is 5. The number of unbranched alkanes of at least 4 members (excludes halogenated alkanes) is 1. The van der Waals surface area contributed by atoms with E-state index >= 15 is 0 Å². The molecule has 5 heteroatoms. The number of hydrogen-bond donors (Lipinski definition) is 0. The normalized spacial score (nSPS) is 11.4. The van der Waals surface area contributed by atoms with Gasteiger partial charge < -0.3 is 23.8 Å². The molecule has 0 saturated carbocycles. The van der Waals surface area contributed by atoms with Crippen molar-refractivity contribution in [3.8, 4) is 0 Å². The Morgan fingerprint density at radius 1 is 0.737 bits per heavy atom. The fourth-order valence-electron chi connectivity index (χ4n) is 1.78. The molecular formula is C14H31NO4. The molecule has 0 aliphatic heterocycles. The molecule has 0 aromatic rings. The zero-order valence-corrected chi connectivity index (χ0v) is 12.9. The third-order valence-electron chi connectivity index (χ3n) is 2.76. The number of ether oxygens (including phenoxy) is 4. The Morgan fingerprint density at radius 3 is 1.63 bits per heavy atom. The van der Waals surface area contributed by atoms with Gasteiger partial charge in [0.05, 0.1) is 13.2 Å². The van der Waals surface area contributed by atoms with Gasteiger partial charge in [0, 0.05) is 27.3 Å². The second-order valence-corrected chi connectivity index (χ2v) is 4.53. The lowest BCUT2D eigenvalue weighted by Crippen LogP contribution is -2.28. The van der Waals surface area contributed by atoms with Gasteiger partial charge in [0.25, 0.3) is 0 Å². The second kappa shape index (κ2) is 15.9. The Bertz CT molecular complexity index is 156. The van der Waals surface area contributed by atoms with Crippen LogP contribution in [0, 0.1) is 0 Å². The molecule has 0 N–H and O–H groups in total. The summed E-state index contributed by atoms with van der Waals surface area (Å²) in [4.78, 5) is 2.48. The average molecular weight is 277 g/mol. The van der Waals surface area contributed by atoms with Crippen LogP contribution in [0.1, 0.15) is 32.6 Å². The molecule has 0 fully saturated rings. The van der Waals surface area contributed by atoms with Crippen LogP contribution in [0.5, 0.6) is 0 Å². The molecule has 5 nitrogen and oxygen atoms in total. The van der Waals surface area contributed by atoms with Crippen LogP contribution < -0.4 is 0 Å². The summed E-state index contributed by atoms with van der Waals surface area (Å²) in [5, 5.41) is 0. The van der Waals surface area contributed by atoms with E-state index in [4.69, 9.17) is 18.9 Å². The van der Waals surface area contributed by atoms with E-state index in [0.29, 0.717) is 13.6 Å². The van der Waals surface area contributed by atoms with Gasteiger partial charge in [-0.25, -0.2) is 0 Å². The van der Waals surface area contributed by atoms with Crippen LogP contribution in [0.15, 0.2) is 0 Å². The Labute approximate surface area is 118 Å². The average Bonchev–Trinajstić information content (AvgIpc) is 2.43. The molecule has 0 saturated heterocycles. The van der Waals surface area contributed by atoms with Crippen molar-refractivity contribution in [3.63, 3.8) is 0 Å². The Kier molecular flexibility index (Phi) is 15.7. The van der Waals surface area contributed by atoms with E-state index < -0.39 is 0 Å². The molecular weight excluding hydrogens is 246 g/mol. The predicted molar refractivity (Wildman–Crippen MR) is 76.2 cm³/mol. The van der Waals surface area contributed by atoms with Crippen LogP contribution in [0.4, 0.5) is 0 Å². The summed E-state index contributed by atoms with van der Waals surface area (Å²) in [7, 11) is 3.29. The third-order valence-corrected chi connectivity index (χ3v) is 2.76. The van der Waals surface area contributed by atoms with E-state index in [1.54, 1.807) is 14.2 Å². The molecule has 0 spiro atoms. The van der Waals surface area contributed by atoms with Crippen LogP contribution in [0.3, 0.4) is 0 Å². The summed E-state index contributed by atoms with van der Waals surface area (Å²) in [6.45, 7) is 7.83. The standard InChI is InChI=1S/C14H31NO4/c1-4-5-8-15(9-6-11-18-13-16-2)10-7-12-19-14-17-3/h4-14H2,1-3H3. The van der Waals surface area contributed by atoms with Gasteiger partial charge in [0.2, 0.25) is 0 Å². The van der Waals surface area contributed by atoms with Crippen LogP contribution in [-0.2, 0) is 18.9 Å². The first kappa shape index (κ1) is 18.8. The van der Waals surface area contributed by atoms with Gasteiger partial charge in [-0.3, -0.25) is 0 Å². The summed E-state index contributed by atoms with van der Waals surface area (Å²) in [6, 6.07) is 0. The van der Waals surface area contributed by atoms with E-state index in [-0.39, 0.29) is 0 Å². The fourth-order valence-corrected chi connectivity index (χ4v) is 1.78. The van der Waals surface area contributed by atoms with Crippen molar-refractivity contribution >= 4 is 0 Å². The molecule has 116 valence electrons. The Balaban J connectivity index is 3.57. The third kappa shape index (κ3) is 14.0. The largest absolute Gasteiger partial charge is 0.359 e. The van der Waals surface area contributed by atoms with Crippen molar-refractivity contribution in [1.29, 1.82) is 0 Å².